The smallest absolute Gasteiger partial charge is 0.123 e. The van der Waals surface area contributed by atoms with Gasteiger partial charge in [-0.2, -0.15) is 0 Å². The second-order valence-corrected chi connectivity index (χ2v) is 4.31. The minimum atomic E-state index is -0.173. The Labute approximate surface area is 95.8 Å². The first-order valence-electron chi connectivity index (χ1n) is 5.87. The van der Waals surface area contributed by atoms with Crippen LogP contribution in [-0.4, -0.2) is 19.8 Å². The minimum Gasteiger partial charge on any atom is -0.381 e. The van der Waals surface area contributed by atoms with Gasteiger partial charge in [-0.25, -0.2) is 4.39 Å². The second kappa shape index (κ2) is 5.97. The fourth-order valence-corrected chi connectivity index (χ4v) is 1.97. The molecule has 0 aromatic heterocycles. The third-order valence-electron chi connectivity index (χ3n) is 3.02. The van der Waals surface area contributed by atoms with Crippen LogP contribution in [-0.2, 0) is 11.3 Å². The van der Waals surface area contributed by atoms with Gasteiger partial charge in [0.15, 0.2) is 0 Å². The summed E-state index contributed by atoms with van der Waals surface area (Å²) >= 11 is 0. The van der Waals surface area contributed by atoms with E-state index in [-0.39, 0.29) is 5.82 Å². The molecule has 16 heavy (non-hydrogen) atoms. The molecule has 1 aromatic carbocycles. The molecule has 0 aliphatic carbocycles. The average Bonchev–Trinajstić information content (AvgIpc) is 2.33. The van der Waals surface area contributed by atoms with Crippen molar-refractivity contribution in [2.75, 3.05) is 19.8 Å². The van der Waals surface area contributed by atoms with Crippen LogP contribution in [0.5, 0.6) is 0 Å². The molecule has 1 aliphatic heterocycles. The van der Waals surface area contributed by atoms with E-state index < -0.39 is 0 Å². The number of nitrogens with one attached hydrogen (secondary N) is 1. The summed E-state index contributed by atoms with van der Waals surface area (Å²) in [5.74, 6) is 0.558. The zero-order valence-corrected chi connectivity index (χ0v) is 9.42. The molecule has 0 unspecified atom stereocenters. The summed E-state index contributed by atoms with van der Waals surface area (Å²) < 4.78 is 18.0. The number of hydrogen-bond donors (Lipinski definition) is 1. The van der Waals surface area contributed by atoms with Gasteiger partial charge in [0, 0.05) is 19.8 Å². The molecule has 1 heterocycles. The second-order valence-electron chi connectivity index (χ2n) is 4.31. The minimum absolute atomic E-state index is 0.173. The van der Waals surface area contributed by atoms with Crippen molar-refractivity contribution in [3.63, 3.8) is 0 Å². The Bertz CT molecular complexity index is 306. The van der Waals surface area contributed by atoms with Gasteiger partial charge in [-0.05, 0) is 43.0 Å². The fraction of sp³-hybridized carbons (Fsp3) is 0.538. The van der Waals surface area contributed by atoms with E-state index in [1.807, 2.05) is 12.1 Å². The molecule has 1 aliphatic rings. The van der Waals surface area contributed by atoms with Crippen molar-refractivity contribution in [3.05, 3.63) is 35.6 Å². The highest BCUT2D eigenvalue weighted by Gasteiger charge is 2.12. The highest BCUT2D eigenvalue weighted by Crippen LogP contribution is 2.13. The van der Waals surface area contributed by atoms with Crippen molar-refractivity contribution in [1.29, 1.82) is 0 Å². The molecule has 1 fully saturated rings. The van der Waals surface area contributed by atoms with Gasteiger partial charge < -0.3 is 10.1 Å². The summed E-state index contributed by atoms with van der Waals surface area (Å²) in [5.41, 5.74) is 1.13. The van der Waals surface area contributed by atoms with Crippen molar-refractivity contribution in [2.24, 2.45) is 5.92 Å². The van der Waals surface area contributed by atoms with Crippen molar-refractivity contribution in [1.82, 2.24) is 5.32 Å². The van der Waals surface area contributed by atoms with Crippen LogP contribution in [0.3, 0.4) is 0 Å². The number of rotatable bonds is 4. The summed E-state index contributed by atoms with van der Waals surface area (Å²) in [6.45, 7) is 3.63. The number of hydrogen-bond acceptors (Lipinski definition) is 2. The maximum atomic E-state index is 12.7. The van der Waals surface area contributed by atoms with Crippen LogP contribution in [0.4, 0.5) is 4.39 Å². The lowest BCUT2D eigenvalue weighted by Crippen LogP contribution is -2.27. The normalized spacial score (nSPS) is 17.6. The van der Waals surface area contributed by atoms with Gasteiger partial charge in [-0.3, -0.25) is 0 Å². The number of benzene rings is 1. The van der Waals surface area contributed by atoms with E-state index in [0.717, 1.165) is 50.6 Å². The third kappa shape index (κ3) is 3.58. The Morgan fingerprint density at radius 3 is 2.56 bits per heavy atom. The summed E-state index contributed by atoms with van der Waals surface area (Å²) in [6.07, 6.45) is 2.30. The molecule has 0 saturated carbocycles. The lowest BCUT2D eigenvalue weighted by molar-refractivity contribution is 0.0662. The maximum absolute atomic E-state index is 12.7. The van der Waals surface area contributed by atoms with Crippen LogP contribution < -0.4 is 5.32 Å². The van der Waals surface area contributed by atoms with E-state index in [1.165, 1.54) is 12.1 Å². The number of ether oxygens (including phenoxy) is 1. The van der Waals surface area contributed by atoms with Crippen LogP contribution in [0.25, 0.3) is 0 Å². The van der Waals surface area contributed by atoms with Gasteiger partial charge in [0.2, 0.25) is 0 Å². The molecule has 0 radical (unpaired) electrons. The Hall–Kier alpha value is -0.930. The molecular weight excluding hydrogens is 205 g/mol. The molecule has 1 N–H and O–H groups in total. The Balaban J connectivity index is 1.69. The van der Waals surface area contributed by atoms with E-state index in [9.17, 15) is 4.39 Å². The first kappa shape index (κ1) is 11.6. The van der Waals surface area contributed by atoms with E-state index >= 15 is 0 Å². The molecule has 1 aromatic rings. The maximum Gasteiger partial charge on any atom is 0.123 e. The van der Waals surface area contributed by atoms with Crippen molar-refractivity contribution >= 4 is 0 Å². The Morgan fingerprint density at radius 2 is 1.88 bits per heavy atom. The summed E-state index contributed by atoms with van der Waals surface area (Å²) in [7, 11) is 0. The van der Waals surface area contributed by atoms with E-state index in [0.29, 0.717) is 0 Å². The summed E-state index contributed by atoms with van der Waals surface area (Å²) in [6, 6.07) is 6.66. The van der Waals surface area contributed by atoms with Crippen molar-refractivity contribution < 1.29 is 9.13 Å². The molecule has 3 heteroatoms. The van der Waals surface area contributed by atoms with Crippen LogP contribution >= 0.6 is 0 Å². The lowest BCUT2D eigenvalue weighted by Gasteiger charge is -2.22. The fourth-order valence-electron chi connectivity index (χ4n) is 1.97. The summed E-state index contributed by atoms with van der Waals surface area (Å²) in [4.78, 5) is 0. The van der Waals surface area contributed by atoms with E-state index in [4.69, 9.17) is 4.74 Å². The van der Waals surface area contributed by atoms with Crippen LogP contribution in [0, 0.1) is 11.7 Å². The zero-order chi connectivity index (χ0) is 11.2. The monoisotopic (exact) mass is 223 g/mol. The van der Waals surface area contributed by atoms with Crippen LogP contribution in [0.1, 0.15) is 18.4 Å². The SMILES string of the molecule is Fc1ccc(CNCC2CCOCC2)cc1. The molecule has 0 atom stereocenters. The van der Waals surface area contributed by atoms with Gasteiger partial charge in [0.25, 0.3) is 0 Å². The van der Waals surface area contributed by atoms with Gasteiger partial charge in [0.1, 0.15) is 5.82 Å². The molecule has 0 bridgehead atoms. The van der Waals surface area contributed by atoms with Crippen LogP contribution in [0.2, 0.25) is 0 Å². The third-order valence-corrected chi connectivity index (χ3v) is 3.02. The van der Waals surface area contributed by atoms with E-state index in [2.05, 4.69) is 5.32 Å². The van der Waals surface area contributed by atoms with E-state index in [1.54, 1.807) is 0 Å². The highest BCUT2D eigenvalue weighted by molar-refractivity contribution is 5.15. The largest absolute Gasteiger partial charge is 0.381 e. The van der Waals surface area contributed by atoms with Gasteiger partial charge >= 0.3 is 0 Å². The predicted octanol–water partition coefficient (Wildman–Crippen LogP) is 2.34. The van der Waals surface area contributed by atoms with Gasteiger partial charge in [0.05, 0.1) is 0 Å². The lowest BCUT2D eigenvalue weighted by atomic mass is 10.0. The Kier molecular flexibility index (Phi) is 4.31. The molecule has 2 nitrogen and oxygen atoms in total. The summed E-state index contributed by atoms with van der Waals surface area (Å²) in [5, 5.41) is 3.41. The van der Waals surface area contributed by atoms with Gasteiger partial charge in [-0.1, -0.05) is 12.1 Å². The predicted molar refractivity (Wildman–Crippen MR) is 61.6 cm³/mol. The van der Waals surface area contributed by atoms with Crippen molar-refractivity contribution in [3.8, 4) is 0 Å². The zero-order valence-electron chi connectivity index (χ0n) is 9.42. The average molecular weight is 223 g/mol. The first-order chi connectivity index (χ1) is 7.84. The standard InChI is InChI=1S/C13H18FNO/c14-13-3-1-11(2-4-13)9-15-10-12-5-7-16-8-6-12/h1-4,12,15H,5-10H2. The van der Waals surface area contributed by atoms with Crippen LogP contribution in [0.15, 0.2) is 24.3 Å². The quantitative estimate of drug-likeness (QED) is 0.846. The van der Waals surface area contributed by atoms with Crippen molar-refractivity contribution in [2.45, 2.75) is 19.4 Å². The molecule has 0 spiro atoms. The molecule has 0 amide bonds. The molecule has 88 valence electrons. The topological polar surface area (TPSA) is 21.3 Å². The first-order valence-corrected chi connectivity index (χ1v) is 5.87. The highest BCUT2D eigenvalue weighted by atomic mass is 19.1. The molecular formula is C13H18FNO. The van der Waals surface area contributed by atoms with Gasteiger partial charge in [-0.15, -0.1) is 0 Å². The molecule has 1 saturated heterocycles. The Morgan fingerprint density at radius 1 is 1.19 bits per heavy atom. The number of halogens is 1. The molecule has 2 rings (SSSR count).